The number of amides is 1. The number of Topliss-reactive ketones (excluding diaryl/α,β-unsaturated/α-hetero) is 1. The van der Waals surface area contributed by atoms with E-state index < -0.39 is 15.9 Å². The molecule has 0 spiro atoms. The fraction of sp³-hybridized carbons (Fsp3) is 0.292. The van der Waals surface area contributed by atoms with Gasteiger partial charge in [0.1, 0.15) is 0 Å². The van der Waals surface area contributed by atoms with Gasteiger partial charge in [-0.05, 0) is 38.1 Å². The molecule has 34 heavy (non-hydrogen) atoms. The van der Waals surface area contributed by atoms with Gasteiger partial charge in [-0.2, -0.15) is 4.31 Å². The van der Waals surface area contributed by atoms with Crippen molar-refractivity contribution in [2.75, 3.05) is 18.4 Å². The first kappa shape index (κ1) is 24.2. The van der Waals surface area contributed by atoms with E-state index in [1.165, 1.54) is 35.5 Å². The second kappa shape index (κ2) is 9.75. The van der Waals surface area contributed by atoms with E-state index in [-0.39, 0.29) is 41.5 Å². The van der Waals surface area contributed by atoms with Crippen LogP contribution in [-0.4, -0.2) is 54.7 Å². The standard InChI is InChI=1S/C24H25N3O5S2/c1-15-13-27(14-16(2)32-15)34(30,31)20-11-9-19(10-12-20)23(29)26-24-25-21(22(33-24)17(3)28)18-7-5-4-6-8-18/h4-12,15-16H,13-14H2,1-3H3,(H,25,26,29)/t15-,16-/m1/s1. The SMILES string of the molecule is CC(=O)c1sc(NC(=O)c2ccc(S(=O)(=O)N3C[C@@H](C)O[C@H](C)C3)cc2)nc1-c1ccccc1. The number of anilines is 1. The number of rotatable bonds is 6. The van der Waals surface area contributed by atoms with Crippen LogP contribution in [0.3, 0.4) is 0 Å². The van der Waals surface area contributed by atoms with Gasteiger partial charge in [0.2, 0.25) is 10.0 Å². The molecule has 0 unspecified atom stereocenters. The third-order valence-corrected chi connectivity index (χ3v) is 8.27. The molecule has 0 aliphatic carbocycles. The van der Waals surface area contributed by atoms with Gasteiger partial charge in [0.25, 0.3) is 5.91 Å². The maximum Gasteiger partial charge on any atom is 0.257 e. The van der Waals surface area contributed by atoms with Crippen LogP contribution in [0.25, 0.3) is 11.3 Å². The minimum atomic E-state index is -3.70. The smallest absolute Gasteiger partial charge is 0.257 e. The highest BCUT2D eigenvalue weighted by Crippen LogP contribution is 2.32. The average molecular weight is 500 g/mol. The van der Waals surface area contributed by atoms with Gasteiger partial charge in [0.15, 0.2) is 10.9 Å². The van der Waals surface area contributed by atoms with Crippen LogP contribution >= 0.6 is 11.3 Å². The predicted octanol–water partition coefficient (Wildman–Crippen LogP) is 4.06. The molecule has 0 bridgehead atoms. The Bertz CT molecular complexity index is 1290. The summed E-state index contributed by atoms with van der Waals surface area (Å²) in [4.78, 5) is 29.9. The van der Waals surface area contributed by atoms with Crippen LogP contribution in [0.2, 0.25) is 0 Å². The lowest BCUT2D eigenvalue weighted by molar-refractivity contribution is -0.0440. The summed E-state index contributed by atoms with van der Waals surface area (Å²) in [6, 6.07) is 15.1. The van der Waals surface area contributed by atoms with Gasteiger partial charge in [0, 0.05) is 31.1 Å². The monoisotopic (exact) mass is 499 g/mol. The number of morpholine rings is 1. The number of ketones is 1. The second-order valence-electron chi connectivity index (χ2n) is 8.18. The molecule has 1 fully saturated rings. The molecular formula is C24H25N3O5S2. The predicted molar refractivity (Wildman–Crippen MR) is 131 cm³/mol. The van der Waals surface area contributed by atoms with Crippen molar-refractivity contribution in [3.05, 3.63) is 65.0 Å². The summed E-state index contributed by atoms with van der Waals surface area (Å²) in [5, 5.41) is 3.01. The number of benzene rings is 2. The molecule has 3 aromatic rings. The van der Waals surface area contributed by atoms with Gasteiger partial charge in [-0.1, -0.05) is 41.7 Å². The molecule has 1 aliphatic rings. The highest BCUT2D eigenvalue weighted by Gasteiger charge is 2.32. The molecule has 1 saturated heterocycles. The van der Waals surface area contributed by atoms with Gasteiger partial charge in [0.05, 0.1) is 27.7 Å². The fourth-order valence-electron chi connectivity index (χ4n) is 3.83. The second-order valence-corrected chi connectivity index (χ2v) is 11.1. The van der Waals surface area contributed by atoms with Gasteiger partial charge in [-0.3, -0.25) is 14.9 Å². The summed E-state index contributed by atoms with van der Waals surface area (Å²) in [6.45, 7) is 5.69. The Kier molecular flexibility index (Phi) is 6.94. The number of sulfonamides is 1. The van der Waals surface area contributed by atoms with Crippen LogP contribution in [0, 0.1) is 0 Å². The van der Waals surface area contributed by atoms with Gasteiger partial charge < -0.3 is 4.74 Å². The summed E-state index contributed by atoms with van der Waals surface area (Å²) >= 11 is 1.10. The summed E-state index contributed by atoms with van der Waals surface area (Å²) in [5.41, 5.74) is 1.58. The summed E-state index contributed by atoms with van der Waals surface area (Å²) < 4.78 is 33.1. The zero-order valence-electron chi connectivity index (χ0n) is 19.0. The van der Waals surface area contributed by atoms with Crippen LogP contribution in [-0.2, 0) is 14.8 Å². The van der Waals surface area contributed by atoms with E-state index in [1.807, 2.05) is 44.2 Å². The molecule has 178 valence electrons. The van der Waals surface area contributed by atoms with Crippen LogP contribution in [0.15, 0.2) is 59.5 Å². The Morgan fingerprint density at radius 1 is 1.03 bits per heavy atom. The number of hydrogen-bond donors (Lipinski definition) is 1. The molecule has 0 radical (unpaired) electrons. The molecule has 1 aliphatic heterocycles. The van der Waals surface area contributed by atoms with Crippen molar-refractivity contribution < 1.29 is 22.7 Å². The number of hydrogen-bond acceptors (Lipinski definition) is 7. The fourth-order valence-corrected chi connectivity index (χ4v) is 6.30. The Morgan fingerprint density at radius 3 is 2.24 bits per heavy atom. The molecule has 2 heterocycles. The van der Waals surface area contributed by atoms with Crippen LogP contribution in [0.1, 0.15) is 40.8 Å². The molecule has 0 saturated carbocycles. The van der Waals surface area contributed by atoms with Crippen molar-refractivity contribution in [2.24, 2.45) is 0 Å². The first-order valence-electron chi connectivity index (χ1n) is 10.8. The number of thiazole rings is 1. The first-order chi connectivity index (χ1) is 16.1. The molecule has 2 atom stereocenters. The molecular weight excluding hydrogens is 474 g/mol. The first-order valence-corrected chi connectivity index (χ1v) is 13.0. The zero-order valence-corrected chi connectivity index (χ0v) is 20.7. The van der Waals surface area contributed by atoms with E-state index in [2.05, 4.69) is 10.3 Å². The molecule has 10 heteroatoms. The Balaban J connectivity index is 1.52. The van der Waals surface area contributed by atoms with Crippen molar-refractivity contribution in [1.82, 2.24) is 9.29 Å². The maximum absolute atomic E-state index is 13.0. The van der Waals surface area contributed by atoms with E-state index in [9.17, 15) is 18.0 Å². The summed E-state index contributed by atoms with van der Waals surface area (Å²) in [7, 11) is -3.70. The Labute approximate surface area is 202 Å². The summed E-state index contributed by atoms with van der Waals surface area (Å²) in [5.74, 6) is -0.584. The van der Waals surface area contributed by atoms with E-state index in [0.717, 1.165) is 16.9 Å². The number of carbonyl (C=O) groups is 2. The van der Waals surface area contributed by atoms with E-state index >= 15 is 0 Å². The Hall–Kier alpha value is -2.92. The number of aromatic nitrogens is 1. The van der Waals surface area contributed by atoms with Gasteiger partial charge >= 0.3 is 0 Å². The molecule has 8 nitrogen and oxygen atoms in total. The largest absolute Gasteiger partial charge is 0.373 e. The third kappa shape index (κ3) is 5.10. The third-order valence-electron chi connectivity index (χ3n) is 5.35. The maximum atomic E-state index is 13.0. The zero-order chi connectivity index (χ0) is 24.5. The minimum absolute atomic E-state index is 0.116. The van der Waals surface area contributed by atoms with E-state index in [4.69, 9.17) is 4.74 Å². The van der Waals surface area contributed by atoms with Crippen molar-refractivity contribution in [3.63, 3.8) is 0 Å². The number of nitrogens with zero attached hydrogens (tertiary/aromatic N) is 2. The normalized spacial score (nSPS) is 19.0. The van der Waals surface area contributed by atoms with Crippen LogP contribution in [0.5, 0.6) is 0 Å². The average Bonchev–Trinajstić information content (AvgIpc) is 3.23. The topological polar surface area (TPSA) is 106 Å². The minimum Gasteiger partial charge on any atom is -0.373 e. The van der Waals surface area contributed by atoms with Gasteiger partial charge in [-0.25, -0.2) is 13.4 Å². The highest BCUT2D eigenvalue weighted by atomic mass is 32.2. The van der Waals surface area contributed by atoms with Crippen molar-refractivity contribution >= 4 is 38.2 Å². The van der Waals surface area contributed by atoms with E-state index in [0.29, 0.717) is 15.7 Å². The van der Waals surface area contributed by atoms with Gasteiger partial charge in [-0.15, -0.1) is 0 Å². The number of carbonyl (C=O) groups excluding carboxylic acids is 2. The Morgan fingerprint density at radius 2 is 1.65 bits per heavy atom. The lowest BCUT2D eigenvalue weighted by atomic mass is 10.1. The molecule has 1 N–H and O–H groups in total. The number of nitrogens with one attached hydrogen (secondary N) is 1. The van der Waals surface area contributed by atoms with Crippen molar-refractivity contribution in [3.8, 4) is 11.3 Å². The van der Waals surface area contributed by atoms with Crippen LogP contribution in [0.4, 0.5) is 5.13 Å². The van der Waals surface area contributed by atoms with Crippen molar-refractivity contribution in [2.45, 2.75) is 37.9 Å². The van der Waals surface area contributed by atoms with Crippen molar-refractivity contribution in [1.29, 1.82) is 0 Å². The molecule has 4 rings (SSSR count). The molecule has 2 aromatic carbocycles. The lowest BCUT2D eigenvalue weighted by Crippen LogP contribution is -2.48. The number of ether oxygens (including phenoxy) is 1. The molecule has 1 aromatic heterocycles. The summed E-state index contributed by atoms with van der Waals surface area (Å²) in [6.07, 6.45) is -0.384. The van der Waals surface area contributed by atoms with Crippen LogP contribution < -0.4 is 5.32 Å². The molecule has 1 amide bonds. The highest BCUT2D eigenvalue weighted by molar-refractivity contribution is 7.89. The van der Waals surface area contributed by atoms with E-state index in [1.54, 1.807) is 0 Å². The lowest BCUT2D eigenvalue weighted by Gasteiger charge is -2.34. The quantitative estimate of drug-likeness (QED) is 0.513.